The molecule has 0 amide bonds. The van der Waals surface area contributed by atoms with E-state index in [-0.39, 0.29) is 89.2 Å². The summed E-state index contributed by atoms with van der Waals surface area (Å²) in [6, 6.07) is 0. The Morgan fingerprint density at radius 2 is 1.12 bits per heavy atom. The van der Waals surface area contributed by atoms with E-state index < -0.39 is 39.1 Å². The number of thiol groups is 1. The number of ether oxygens (including phenoxy) is 2. The maximum absolute atomic E-state index is 12.2. The van der Waals surface area contributed by atoms with Gasteiger partial charge < -0.3 is 28.3 Å². The minimum absolute atomic E-state index is 0. The summed E-state index contributed by atoms with van der Waals surface area (Å²) in [5.41, 5.74) is 0. The van der Waals surface area contributed by atoms with Gasteiger partial charge in [0, 0.05) is 37.8 Å². The Balaban J connectivity index is -0.0000000648. The Hall–Kier alpha value is -2.01. The molecule has 0 saturated heterocycles. The van der Waals surface area contributed by atoms with Crippen LogP contribution in [0.4, 0.5) is 0 Å². The van der Waals surface area contributed by atoms with Crippen molar-refractivity contribution in [1.82, 2.24) is 0 Å². The van der Waals surface area contributed by atoms with Gasteiger partial charge in [-0.05, 0) is 77.5 Å². The Morgan fingerprint density at radius 1 is 0.729 bits per heavy atom. The van der Waals surface area contributed by atoms with Crippen molar-refractivity contribution >= 4 is 37.5 Å². The number of terminal acetylenes is 1. The Morgan fingerprint density at radius 3 is 1.54 bits per heavy atom. The second-order valence-electron chi connectivity index (χ2n) is 9.26. The first-order chi connectivity index (χ1) is 22.0. The van der Waals surface area contributed by atoms with Gasteiger partial charge in [0.2, 0.25) is 0 Å². The maximum atomic E-state index is 12.2. The molecule has 0 aromatic rings. The average Bonchev–Trinajstić information content (AvgIpc) is 2.99. The molecule has 0 aliphatic heterocycles. The van der Waals surface area contributed by atoms with Crippen molar-refractivity contribution < 1.29 is 120 Å². The number of hydrogen-bond acceptors (Lipinski definition) is 9. The topological polar surface area (TPSA) is 142 Å². The quantitative estimate of drug-likeness (QED) is 0.0386. The molecule has 0 fully saturated rings. The molecule has 0 N–H and O–H groups in total. The van der Waals surface area contributed by atoms with E-state index in [4.69, 9.17) is 15.9 Å². The predicted octanol–water partition coefficient (Wildman–Crippen LogP) is 0.700. The molecule has 13 heteroatoms. The standard InChI is InChI=1S/C33H37O8P.C2H4OS.2Na.13H2/c1-3-5-7-9-11-13-15-17-19-21-23-25-27-32(34)39-29-31(30-40-42(36,37)38)41-33(35)28-26-24-22-20-18-16-14-12-10-8-6-4-2;1-2(3)4;;;;;;;;;;;;;;;/h1,31H,4,6,8,10,12,14,16,18,20,22,24,26,28-30H2,2H3,(H2,36,37,38);1H3,(H,3,4);;;13*1H/q;;2*+1;;;;;;;;;;;;;/p-2/t31-;;;;;;;;;;;;;;;;/m1................/s1. The van der Waals surface area contributed by atoms with Crippen LogP contribution in [0.5, 0.6) is 0 Å². The number of unbranched alkanes of at least 4 members (excludes halogenated alkanes) is 11. The summed E-state index contributed by atoms with van der Waals surface area (Å²) in [5.74, 6) is 28.4. The van der Waals surface area contributed by atoms with Crippen LogP contribution in [0.25, 0.3) is 0 Å². The number of carbonyl (C=O) groups is 3. The average molecular weight is 739 g/mol. The third-order valence-electron chi connectivity index (χ3n) is 5.21. The number of phosphoric acid groups is 1. The number of phosphoric ester groups is 1. The van der Waals surface area contributed by atoms with Crippen LogP contribution >= 0.6 is 20.5 Å². The van der Waals surface area contributed by atoms with E-state index in [0.29, 0.717) is 6.42 Å². The Bertz CT molecular complexity index is 1460. The molecule has 0 aromatic heterocycles. The molecular formula is C35H65Na2O9PS. The van der Waals surface area contributed by atoms with Gasteiger partial charge >= 0.3 is 71.1 Å². The van der Waals surface area contributed by atoms with Crippen LogP contribution in [0, 0.1) is 83.4 Å². The van der Waals surface area contributed by atoms with Crippen molar-refractivity contribution in [2.75, 3.05) is 13.2 Å². The minimum atomic E-state index is -5.32. The van der Waals surface area contributed by atoms with Crippen LogP contribution < -0.4 is 68.9 Å². The molecule has 0 unspecified atom stereocenters. The first-order valence-electron chi connectivity index (χ1n) is 14.7. The molecular weight excluding hydrogens is 673 g/mol. The van der Waals surface area contributed by atoms with Gasteiger partial charge in [-0.2, -0.15) is 0 Å². The molecule has 0 rings (SSSR count). The van der Waals surface area contributed by atoms with Gasteiger partial charge in [-0.25, -0.2) is 4.79 Å². The summed E-state index contributed by atoms with van der Waals surface area (Å²) in [4.78, 5) is 54.9. The fourth-order valence-electron chi connectivity index (χ4n) is 3.25. The van der Waals surface area contributed by atoms with E-state index in [0.717, 1.165) is 19.3 Å². The zero-order chi connectivity index (χ0) is 34.7. The first-order valence-corrected chi connectivity index (χ1v) is 16.6. The van der Waals surface area contributed by atoms with Crippen molar-refractivity contribution in [1.29, 1.82) is 0 Å². The monoisotopic (exact) mass is 738 g/mol. The van der Waals surface area contributed by atoms with Crippen molar-refractivity contribution in [2.45, 2.75) is 103 Å². The second kappa shape index (κ2) is 39.4. The summed E-state index contributed by atoms with van der Waals surface area (Å²) in [7, 11) is -5.32. The van der Waals surface area contributed by atoms with Crippen LogP contribution in [-0.2, 0) is 32.9 Å². The van der Waals surface area contributed by atoms with E-state index in [1.807, 2.05) is 0 Å². The molecule has 0 bridgehead atoms. The summed E-state index contributed by atoms with van der Waals surface area (Å²) >= 11 is 3.33. The van der Waals surface area contributed by atoms with Crippen molar-refractivity contribution in [3.05, 3.63) is 0 Å². The van der Waals surface area contributed by atoms with E-state index in [1.165, 1.54) is 58.3 Å². The van der Waals surface area contributed by atoms with Gasteiger partial charge in [0.05, 0.1) is 14.4 Å². The second-order valence-corrected chi connectivity index (χ2v) is 11.0. The number of carbonyl (C=O) groups excluding carboxylic acids is 3. The SMILES string of the molecule is C#CC#CC#CC#CC#CC#CC#CC(=O)OC[C@H](COP(=O)([O-])[O-])OC(=O)CCCCCCCCCCCCCC.CC(=O)S.[HH].[HH].[HH].[HH].[HH].[HH].[HH].[HH].[HH].[HH].[HH].[HH].[HH].[Na+].[Na+]. The van der Waals surface area contributed by atoms with Gasteiger partial charge in [0.1, 0.15) is 6.61 Å². The number of esters is 2. The third-order valence-corrected chi connectivity index (χ3v) is 5.68. The van der Waals surface area contributed by atoms with Crippen LogP contribution in [0.2, 0.25) is 0 Å². The molecule has 0 heterocycles. The van der Waals surface area contributed by atoms with Crippen LogP contribution in [-0.4, -0.2) is 36.4 Å². The van der Waals surface area contributed by atoms with Crippen molar-refractivity contribution in [3.8, 4) is 83.4 Å². The molecule has 0 spiro atoms. The van der Waals surface area contributed by atoms with Crippen LogP contribution in [0.1, 0.15) is 116 Å². The first kappa shape index (κ1) is 52.8. The van der Waals surface area contributed by atoms with Crippen molar-refractivity contribution in [2.24, 2.45) is 0 Å². The molecule has 272 valence electrons. The molecule has 48 heavy (non-hydrogen) atoms. The smallest absolute Gasteiger partial charge is 0.790 e. The van der Waals surface area contributed by atoms with Gasteiger partial charge in [-0.15, -0.1) is 19.1 Å². The van der Waals surface area contributed by atoms with E-state index in [9.17, 15) is 28.7 Å². The maximum Gasteiger partial charge on any atom is 1.00 e. The number of hydrogen-bond donors (Lipinski definition) is 1. The summed E-state index contributed by atoms with van der Waals surface area (Å²) in [6.07, 6.45) is 17.4. The summed E-state index contributed by atoms with van der Waals surface area (Å²) in [5, 5.41) is -0.139. The molecule has 0 saturated carbocycles. The summed E-state index contributed by atoms with van der Waals surface area (Å²) < 4.78 is 25.0. The molecule has 1 atom stereocenters. The van der Waals surface area contributed by atoms with Gasteiger partial charge in [0.25, 0.3) is 0 Å². The fourth-order valence-corrected chi connectivity index (χ4v) is 3.60. The minimum Gasteiger partial charge on any atom is -0.790 e. The van der Waals surface area contributed by atoms with E-state index >= 15 is 0 Å². The number of rotatable bonds is 19. The fraction of sp³-hybridized carbons (Fsp3) is 0.514. The largest absolute Gasteiger partial charge is 1.00 e. The van der Waals surface area contributed by atoms with Crippen molar-refractivity contribution in [3.63, 3.8) is 0 Å². The van der Waals surface area contributed by atoms with Gasteiger partial charge in [-0.3, -0.25) is 9.59 Å². The molecule has 0 aromatic carbocycles. The predicted molar refractivity (Wildman–Crippen MR) is 203 cm³/mol. The van der Waals surface area contributed by atoms with E-state index in [2.05, 4.69) is 101 Å². The zero-order valence-electron chi connectivity index (χ0n) is 28.3. The third kappa shape index (κ3) is 48.4. The Labute approximate surface area is 355 Å². The zero-order valence-corrected chi connectivity index (χ0v) is 34.1. The molecule has 9 nitrogen and oxygen atoms in total. The molecule has 0 radical (unpaired) electrons. The Kier molecular flexibility index (Phi) is 43.4. The van der Waals surface area contributed by atoms with Gasteiger partial charge in [0.15, 0.2) is 11.2 Å². The molecule has 0 aliphatic rings. The molecule has 0 aliphatic carbocycles. The van der Waals surface area contributed by atoms with Gasteiger partial charge in [-0.1, -0.05) is 77.6 Å². The normalized spacial score (nSPS) is 9.17. The van der Waals surface area contributed by atoms with Crippen LogP contribution in [0.3, 0.4) is 0 Å². The van der Waals surface area contributed by atoms with Crippen LogP contribution in [0.15, 0.2) is 0 Å². The van der Waals surface area contributed by atoms with E-state index in [1.54, 1.807) is 0 Å². The summed E-state index contributed by atoms with van der Waals surface area (Å²) in [6.45, 7) is 2.25.